The van der Waals surface area contributed by atoms with Crippen molar-refractivity contribution in [2.75, 3.05) is 16.2 Å². The van der Waals surface area contributed by atoms with Gasteiger partial charge < -0.3 is 5.32 Å². The fourth-order valence-corrected chi connectivity index (χ4v) is 5.25. The van der Waals surface area contributed by atoms with Gasteiger partial charge in [0.15, 0.2) is 0 Å². The topological polar surface area (TPSA) is 66.5 Å². The Labute approximate surface area is 168 Å². The maximum Gasteiger partial charge on any atom is 0.265 e. The number of nitrogens with zero attached hydrogens (tertiary/aromatic N) is 1. The van der Waals surface area contributed by atoms with Gasteiger partial charge in [0.05, 0.1) is 10.7 Å². The summed E-state index contributed by atoms with van der Waals surface area (Å²) in [4.78, 5) is 12.5. The third-order valence-corrected chi connectivity index (χ3v) is 6.93. The van der Waals surface area contributed by atoms with Crippen LogP contribution in [0.2, 0.25) is 5.02 Å². The van der Waals surface area contributed by atoms with Crippen molar-refractivity contribution in [1.82, 2.24) is 0 Å². The molecule has 5 nitrogen and oxygen atoms in total. The number of fused-ring (bicyclic) bond motifs is 1. The van der Waals surface area contributed by atoms with Gasteiger partial charge >= 0.3 is 0 Å². The van der Waals surface area contributed by atoms with Crippen LogP contribution in [-0.4, -0.2) is 20.9 Å². The molecule has 0 spiro atoms. The highest BCUT2D eigenvalue weighted by Gasteiger charge is 2.32. The summed E-state index contributed by atoms with van der Waals surface area (Å²) < 4.78 is 27.9. The van der Waals surface area contributed by atoms with Crippen LogP contribution < -0.4 is 9.62 Å². The lowest BCUT2D eigenvalue weighted by Gasteiger charge is -2.20. The molecule has 4 rings (SSSR count). The van der Waals surface area contributed by atoms with E-state index in [-0.39, 0.29) is 15.5 Å². The monoisotopic (exact) mass is 412 g/mol. The molecule has 142 valence electrons. The van der Waals surface area contributed by atoms with E-state index in [1.54, 1.807) is 36.4 Å². The molecule has 28 heavy (non-hydrogen) atoms. The van der Waals surface area contributed by atoms with Crippen molar-refractivity contribution < 1.29 is 13.2 Å². The van der Waals surface area contributed by atoms with Gasteiger partial charge in [-0.05, 0) is 48.4 Å². The van der Waals surface area contributed by atoms with E-state index >= 15 is 0 Å². The van der Waals surface area contributed by atoms with Crippen LogP contribution in [0.15, 0.2) is 77.7 Å². The van der Waals surface area contributed by atoms with Gasteiger partial charge in [0, 0.05) is 17.8 Å². The Morgan fingerprint density at radius 2 is 1.68 bits per heavy atom. The minimum absolute atomic E-state index is 0.0772. The second-order valence-corrected chi connectivity index (χ2v) is 8.66. The fraction of sp³-hybridized carbons (Fsp3) is 0.0952. The summed E-state index contributed by atoms with van der Waals surface area (Å²) in [7, 11) is -3.89. The van der Waals surface area contributed by atoms with Crippen molar-refractivity contribution in [2.45, 2.75) is 11.3 Å². The lowest BCUT2D eigenvalue weighted by molar-refractivity contribution is 0.102. The first-order valence-corrected chi connectivity index (χ1v) is 10.6. The second kappa shape index (κ2) is 7.30. The van der Waals surface area contributed by atoms with Crippen molar-refractivity contribution >= 4 is 38.9 Å². The minimum Gasteiger partial charge on any atom is -0.322 e. The molecule has 3 aromatic rings. The third kappa shape index (κ3) is 3.37. The predicted molar refractivity (Wildman–Crippen MR) is 111 cm³/mol. The van der Waals surface area contributed by atoms with E-state index in [4.69, 9.17) is 11.6 Å². The zero-order valence-electron chi connectivity index (χ0n) is 14.8. The van der Waals surface area contributed by atoms with E-state index in [1.807, 2.05) is 18.2 Å². The normalized spacial score (nSPS) is 13.2. The molecule has 0 saturated heterocycles. The van der Waals surface area contributed by atoms with Gasteiger partial charge in [-0.1, -0.05) is 48.0 Å². The summed E-state index contributed by atoms with van der Waals surface area (Å²) in [5.74, 6) is -0.402. The van der Waals surface area contributed by atoms with E-state index in [0.717, 1.165) is 5.56 Å². The number of hydrogen-bond acceptors (Lipinski definition) is 3. The van der Waals surface area contributed by atoms with Gasteiger partial charge in [-0.25, -0.2) is 8.42 Å². The molecule has 0 saturated carbocycles. The van der Waals surface area contributed by atoms with Gasteiger partial charge in [0.25, 0.3) is 15.9 Å². The molecule has 0 aromatic heterocycles. The number of halogens is 1. The third-order valence-electron chi connectivity index (χ3n) is 4.64. The fourth-order valence-electron chi connectivity index (χ4n) is 3.24. The van der Waals surface area contributed by atoms with Crippen molar-refractivity contribution in [3.63, 3.8) is 0 Å². The maximum atomic E-state index is 13.3. The summed E-state index contributed by atoms with van der Waals surface area (Å²) in [5.41, 5.74) is 2.47. The molecule has 7 heteroatoms. The van der Waals surface area contributed by atoms with Crippen LogP contribution in [0.1, 0.15) is 15.9 Å². The number of benzene rings is 3. The highest BCUT2D eigenvalue weighted by atomic mass is 35.5. The molecule has 0 aliphatic carbocycles. The van der Waals surface area contributed by atoms with Gasteiger partial charge in [-0.2, -0.15) is 0 Å². The summed E-state index contributed by atoms with van der Waals surface area (Å²) in [5, 5.41) is 2.83. The zero-order chi connectivity index (χ0) is 19.7. The van der Waals surface area contributed by atoms with Gasteiger partial charge in [0.1, 0.15) is 4.90 Å². The Morgan fingerprint density at radius 3 is 2.46 bits per heavy atom. The first kappa shape index (κ1) is 18.5. The van der Waals surface area contributed by atoms with Crippen LogP contribution >= 0.6 is 11.6 Å². The van der Waals surface area contributed by atoms with Crippen molar-refractivity contribution in [2.24, 2.45) is 0 Å². The summed E-state index contributed by atoms with van der Waals surface area (Å²) in [6, 6.07) is 20.6. The number of sulfonamides is 1. The molecule has 1 aliphatic rings. The van der Waals surface area contributed by atoms with Gasteiger partial charge in [-0.3, -0.25) is 9.10 Å². The van der Waals surface area contributed by atoms with Crippen LogP contribution in [0.3, 0.4) is 0 Å². The number of hydrogen-bond donors (Lipinski definition) is 1. The van der Waals surface area contributed by atoms with E-state index in [0.29, 0.717) is 24.3 Å². The lowest BCUT2D eigenvalue weighted by Crippen LogP contribution is -2.29. The Bertz CT molecular complexity index is 1150. The molecular formula is C21H17ClN2O3S. The smallest absolute Gasteiger partial charge is 0.265 e. The van der Waals surface area contributed by atoms with Crippen LogP contribution in [0.5, 0.6) is 0 Å². The molecule has 1 heterocycles. The number of rotatable bonds is 4. The van der Waals surface area contributed by atoms with Crippen molar-refractivity contribution in [3.8, 4) is 0 Å². The largest absolute Gasteiger partial charge is 0.322 e. The summed E-state index contributed by atoms with van der Waals surface area (Å²) in [6.07, 6.45) is 0.640. The number of carbonyl (C=O) groups is 1. The van der Waals surface area contributed by atoms with Crippen LogP contribution in [-0.2, 0) is 16.4 Å². The Kier molecular flexibility index (Phi) is 4.83. The van der Waals surface area contributed by atoms with Crippen molar-refractivity contribution in [3.05, 3.63) is 88.9 Å². The molecule has 3 aromatic carbocycles. The predicted octanol–water partition coefficient (Wildman–Crippen LogP) is 4.34. The molecular weight excluding hydrogens is 396 g/mol. The van der Waals surface area contributed by atoms with Crippen LogP contribution in [0.25, 0.3) is 0 Å². The molecule has 0 bridgehead atoms. The van der Waals surface area contributed by atoms with E-state index in [2.05, 4.69) is 5.32 Å². The number of amides is 1. The average Bonchev–Trinajstić information content (AvgIpc) is 3.14. The standard InChI is InChI=1S/C21H17ClN2O3S/c22-18-11-10-16(21(25)23-17-7-2-1-3-8-17)14-20(18)28(26,27)24-13-12-15-6-4-5-9-19(15)24/h1-11,14H,12-13H2,(H,23,25). The number of nitrogens with one attached hydrogen (secondary N) is 1. The average molecular weight is 413 g/mol. The summed E-state index contributed by atoms with van der Waals surface area (Å²) in [6.45, 7) is 0.346. The molecule has 0 fully saturated rings. The van der Waals surface area contributed by atoms with Crippen LogP contribution in [0.4, 0.5) is 11.4 Å². The van der Waals surface area contributed by atoms with E-state index < -0.39 is 15.9 Å². The molecule has 0 radical (unpaired) electrons. The Balaban J connectivity index is 1.68. The second-order valence-electron chi connectivity index (χ2n) is 6.42. The van der Waals surface area contributed by atoms with Crippen molar-refractivity contribution in [1.29, 1.82) is 0 Å². The Hall–Kier alpha value is -2.83. The van der Waals surface area contributed by atoms with E-state index in [9.17, 15) is 13.2 Å². The van der Waals surface area contributed by atoms with E-state index in [1.165, 1.54) is 22.5 Å². The number of para-hydroxylation sites is 2. The SMILES string of the molecule is O=C(Nc1ccccc1)c1ccc(Cl)c(S(=O)(=O)N2CCc3ccccc32)c1. The maximum absolute atomic E-state index is 13.3. The molecule has 1 aliphatic heterocycles. The highest BCUT2D eigenvalue weighted by Crippen LogP contribution is 2.35. The first-order chi connectivity index (χ1) is 13.5. The quantitative estimate of drug-likeness (QED) is 0.693. The molecule has 1 N–H and O–H groups in total. The minimum atomic E-state index is -3.89. The van der Waals surface area contributed by atoms with Crippen LogP contribution in [0, 0.1) is 0 Å². The molecule has 0 unspecified atom stereocenters. The number of anilines is 2. The Morgan fingerprint density at radius 1 is 0.964 bits per heavy atom. The molecule has 0 atom stereocenters. The molecule has 1 amide bonds. The number of carbonyl (C=O) groups excluding carboxylic acids is 1. The highest BCUT2D eigenvalue weighted by molar-refractivity contribution is 7.93. The van der Waals surface area contributed by atoms with Gasteiger partial charge in [-0.15, -0.1) is 0 Å². The zero-order valence-corrected chi connectivity index (χ0v) is 16.4. The lowest BCUT2D eigenvalue weighted by atomic mass is 10.2. The van der Waals surface area contributed by atoms with Gasteiger partial charge in [0.2, 0.25) is 0 Å². The first-order valence-electron chi connectivity index (χ1n) is 8.73. The summed E-state index contributed by atoms with van der Waals surface area (Å²) >= 11 is 6.21.